The minimum atomic E-state index is 0.163. The lowest BCUT2D eigenvalue weighted by atomic mass is 10.2. The molecular weight excluding hydrogens is 362 g/mol. The number of para-hydroxylation sites is 1. The van der Waals surface area contributed by atoms with Crippen molar-refractivity contribution >= 4 is 23.1 Å². The summed E-state index contributed by atoms with van der Waals surface area (Å²) in [5.74, 6) is 2.41. The SMILES string of the molecule is CC(C)Oc1ccc(Nc2nccc(N3CCN(c4ccccc4)CC3)n2)cc1. The molecule has 1 saturated heterocycles. The summed E-state index contributed by atoms with van der Waals surface area (Å²) in [5, 5.41) is 3.28. The van der Waals surface area contributed by atoms with Crippen molar-refractivity contribution in [1.29, 1.82) is 0 Å². The average molecular weight is 390 g/mol. The van der Waals surface area contributed by atoms with Crippen molar-refractivity contribution in [3.05, 3.63) is 66.9 Å². The standard InChI is InChI=1S/C23H27N5O/c1-18(2)29-21-10-8-19(9-11-21)25-23-24-13-12-22(26-23)28-16-14-27(15-17-28)20-6-4-3-5-7-20/h3-13,18H,14-17H2,1-2H3,(H,24,25,26). The summed E-state index contributed by atoms with van der Waals surface area (Å²) in [6.07, 6.45) is 1.97. The number of hydrogen-bond donors (Lipinski definition) is 1. The predicted molar refractivity (Wildman–Crippen MR) is 118 cm³/mol. The van der Waals surface area contributed by atoms with Crippen LogP contribution in [0.5, 0.6) is 5.75 Å². The minimum absolute atomic E-state index is 0.163. The molecule has 0 radical (unpaired) electrons. The van der Waals surface area contributed by atoms with Gasteiger partial charge >= 0.3 is 0 Å². The van der Waals surface area contributed by atoms with Crippen LogP contribution in [-0.2, 0) is 0 Å². The first-order chi connectivity index (χ1) is 14.2. The molecule has 150 valence electrons. The molecule has 0 saturated carbocycles. The van der Waals surface area contributed by atoms with E-state index in [0.29, 0.717) is 5.95 Å². The van der Waals surface area contributed by atoms with Gasteiger partial charge in [0, 0.05) is 43.8 Å². The van der Waals surface area contributed by atoms with Crippen molar-refractivity contribution in [2.75, 3.05) is 41.3 Å². The molecule has 0 atom stereocenters. The fraction of sp³-hybridized carbons (Fsp3) is 0.304. The van der Waals surface area contributed by atoms with E-state index in [1.807, 2.05) is 50.4 Å². The van der Waals surface area contributed by atoms with Crippen molar-refractivity contribution in [3.63, 3.8) is 0 Å². The van der Waals surface area contributed by atoms with Gasteiger partial charge in [0.2, 0.25) is 5.95 Å². The third kappa shape index (κ3) is 4.96. The Morgan fingerprint density at radius 1 is 0.862 bits per heavy atom. The van der Waals surface area contributed by atoms with Gasteiger partial charge in [0.05, 0.1) is 6.10 Å². The highest BCUT2D eigenvalue weighted by Gasteiger charge is 2.18. The molecule has 1 aliphatic rings. The Morgan fingerprint density at radius 3 is 2.24 bits per heavy atom. The van der Waals surface area contributed by atoms with Gasteiger partial charge in [-0.3, -0.25) is 0 Å². The third-order valence-corrected chi connectivity index (χ3v) is 4.85. The van der Waals surface area contributed by atoms with Gasteiger partial charge < -0.3 is 19.9 Å². The van der Waals surface area contributed by atoms with Crippen LogP contribution in [0.4, 0.5) is 23.1 Å². The van der Waals surface area contributed by atoms with Crippen molar-refractivity contribution < 1.29 is 4.74 Å². The van der Waals surface area contributed by atoms with Crippen LogP contribution in [0.2, 0.25) is 0 Å². The largest absolute Gasteiger partial charge is 0.491 e. The van der Waals surface area contributed by atoms with E-state index in [1.165, 1.54) is 5.69 Å². The van der Waals surface area contributed by atoms with Crippen LogP contribution in [0, 0.1) is 0 Å². The van der Waals surface area contributed by atoms with Crippen LogP contribution in [0.15, 0.2) is 66.9 Å². The molecule has 6 nitrogen and oxygen atoms in total. The molecular formula is C23H27N5O. The van der Waals surface area contributed by atoms with Crippen molar-refractivity contribution in [1.82, 2.24) is 9.97 Å². The zero-order chi connectivity index (χ0) is 20.1. The van der Waals surface area contributed by atoms with E-state index in [-0.39, 0.29) is 6.10 Å². The van der Waals surface area contributed by atoms with E-state index < -0.39 is 0 Å². The fourth-order valence-corrected chi connectivity index (χ4v) is 3.44. The summed E-state index contributed by atoms with van der Waals surface area (Å²) in [7, 11) is 0. The van der Waals surface area contributed by atoms with E-state index >= 15 is 0 Å². The number of nitrogens with one attached hydrogen (secondary N) is 1. The second-order valence-corrected chi connectivity index (χ2v) is 7.36. The van der Waals surface area contributed by atoms with Gasteiger partial charge in [0.25, 0.3) is 0 Å². The minimum Gasteiger partial charge on any atom is -0.491 e. The number of piperazine rings is 1. The lowest BCUT2D eigenvalue weighted by Crippen LogP contribution is -2.46. The van der Waals surface area contributed by atoms with Crippen molar-refractivity contribution in [2.24, 2.45) is 0 Å². The maximum atomic E-state index is 5.69. The van der Waals surface area contributed by atoms with Gasteiger partial charge in [0.15, 0.2) is 0 Å². The number of rotatable bonds is 6. The van der Waals surface area contributed by atoms with Gasteiger partial charge in [-0.2, -0.15) is 4.98 Å². The van der Waals surface area contributed by atoms with Gasteiger partial charge in [-0.1, -0.05) is 18.2 Å². The molecule has 1 aliphatic heterocycles. The smallest absolute Gasteiger partial charge is 0.229 e. The lowest BCUT2D eigenvalue weighted by molar-refractivity contribution is 0.242. The van der Waals surface area contributed by atoms with Crippen molar-refractivity contribution in [3.8, 4) is 5.75 Å². The maximum absolute atomic E-state index is 5.69. The van der Waals surface area contributed by atoms with E-state index in [0.717, 1.165) is 43.4 Å². The highest BCUT2D eigenvalue weighted by Crippen LogP contribution is 2.22. The highest BCUT2D eigenvalue weighted by atomic mass is 16.5. The Balaban J connectivity index is 1.38. The predicted octanol–water partition coefficient (Wildman–Crippen LogP) is 4.33. The Labute approximate surface area is 172 Å². The maximum Gasteiger partial charge on any atom is 0.229 e. The fourth-order valence-electron chi connectivity index (χ4n) is 3.44. The Hall–Kier alpha value is -3.28. The van der Waals surface area contributed by atoms with Gasteiger partial charge in [0.1, 0.15) is 11.6 Å². The molecule has 0 aliphatic carbocycles. The van der Waals surface area contributed by atoms with Crippen LogP contribution in [0.25, 0.3) is 0 Å². The Kier molecular flexibility index (Phi) is 5.79. The normalized spacial score (nSPS) is 14.2. The molecule has 2 aromatic carbocycles. The first-order valence-corrected chi connectivity index (χ1v) is 10.1. The number of ether oxygens (including phenoxy) is 1. The summed E-state index contributed by atoms with van der Waals surface area (Å²) in [6.45, 7) is 7.87. The van der Waals surface area contributed by atoms with E-state index in [2.05, 4.69) is 50.4 Å². The second kappa shape index (κ2) is 8.82. The van der Waals surface area contributed by atoms with Crippen LogP contribution in [0.3, 0.4) is 0 Å². The molecule has 1 N–H and O–H groups in total. The molecule has 0 amide bonds. The average Bonchev–Trinajstić information content (AvgIpc) is 2.76. The zero-order valence-electron chi connectivity index (χ0n) is 17.0. The Bertz CT molecular complexity index is 906. The topological polar surface area (TPSA) is 53.5 Å². The molecule has 0 unspecified atom stereocenters. The number of anilines is 4. The molecule has 29 heavy (non-hydrogen) atoms. The Morgan fingerprint density at radius 2 is 1.55 bits per heavy atom. The van der Waals surface area contributed by atoms with E-state index in [4.69, 9.17) is 9.72 Å². The van der Waals surface area contributed by atoms with Crippen LogP contribution in [0.1, 0.15) is 13.8 Å². The number of benzene rings is 2. The summed E-state index contributed by atoms with van der Waals surface area (Å²) in [5.41, 5.74) is 2.22. The number of aromatic nitrogens is 2. The summed E-state index contributed by atoms with van der Waals surface area (Å²) in [6, 6.07) is 20.4. The molecule has 0 spiro atoms. The quantitative estimate of drug-likeness (QED) is 0.677. The summed E-state index contributed by atoms with van der Waals surface area (Å²) < 4.78 is 5.69. The monoisotopic (exact) mass is 389 g/mol. The van der Waals surface area contributed by atoms with Gasteiger partial charge in [-0.15, -0.1) is 0 Å². The van der Waals surface area contributed by atoms with Crippen LogP contribution in [-0.4, -0.2) is 42.3 Å². The molecule has 3 aromatic rings. The lowest BCUT2D eigenvalue weighted by Gasteiger charge is -2.36. The van der Waals surface area contributed by atoms with Crippen LogP contribution < -0.4 is 19.9 Å². The second-order valence-electron chi connectivity index (χ2n) is 7.36. The number of nitrogens with zero attached hydrogens (tertiary/aromatic N) is 4. The first kappa shape index (κ1) is 19.1. The molecule has 1 fully saturated rings. The van der Waals surface area contributed by atoms with E-state index in [1.54, 1.807) is 0 Å². The first-order valence-electron chi connectivity index (χ1n) is 10.1. The third-order valence-electron chi connectivity index (χ3n) is 4.85. The molecule has 6 heteroatoms. The molecule has 4 rings (SSSR count). The molecule has 2 heterocycles. The molecule has 0 bridgehead atoms. The highest BCUT2D eigenvalue weighted by molar-refractivity contribution is 5.56. The van der Waals surface area contributed by atoms with Crippen LogP contribution >= 0.6 is 0 Å². The van der Waals surface area contributed by atoms with E-state index in [9.17, 15) is 0 Å². The molecule has 1 aromatic heterocycles. The van der Waals surface area contributed by atoms with Crippen molar-refractivity contribution in [2.45, 2.75) is 20.0 Å². The summed E-state index contributed by atoms with van der Waals surface area (Å²) >= 11 is 0. The zero-order valence-corrected chi connectivity index (χ0v) is 17.0. The summed E-state index contributed by atoms with van der Waals surface area (Å²) in [4.78, 5) is 13.8. The number of hydrogen-bond acceptors (Lipinski definition) is 6. The van der Waals surface area contributed by atoms with Gasteiger partial charge in [-0.05, 0) is 56.3 Å². The van der Waals surface area contributed by atoms with Gasteiger partial charge in [-0.25, -0.2) is 4.98 Å².